The number of aliphatic hydroxyl groups excluding tert-OH is 2. The number of aliphatic hydroxyl groups is 2. The van der Waals surface area contributed by atoms with E-state index in [9.17, 15) is 15.0 Å². The zero-order chi connectivity index (χ0) is 13.8. The van der Waals surface area contributed by atoms with Gasteiger partial charge >= 0.3 is 5.97 Å². The van der Waals surface area contributed by atoms with Crippen LogP contribution >= 0.6 is 0 Å². The van der Waals surface area contributed by atoms with Crippen molar-refractivity contribution in [1.82, 2.24) is 10.2 Å². The number of hydrogen-bond donors (Lipinski definition) is 3. The van der Waals surface area contributed by atoms with Crippen molar-refractivity contribution in [2.45, 2.75) is 25.6 Å². The summed E-state index contributed by atoms with van der Waals surface area (Å²) in [7, 11) is 0. The van der Waals surface area contributed by atoms with Crippen molar-refractivity contribution in [1.29, 1.82) is 0 Å². The minimum Gasteiger partial charge on any atom is -0.466 e. The summed E-state index contributed by atoms with van der Waals surface area (Å²) in [6, 6.07) is 5.16. The summed E-state index contributed by atoms with van der Waals surface area (Å²) < 4.78 is 4.73. The van der Waals surface area contributed by atoms with Crippen LogP contribution in [0.1, 0.15) is 25.0 Å². The maximum absolute atomic E-state index is 11.3. The molecule has 0 amide bonds. The summed E-state index contributed by atoms with van der Waals surface area (Å²) in [4.78, 5) is 11.3. The van der Waals surface area contributed by atoms with Crippen LogP contribution in [-0.2, 0) is 9.53 Å². The van der Waals surface area contributed by atoms with Crippen molar-refractivity contribution in [3.63, 3.8) is 0 Å². The van der Waals surface area contributed by atoms with Crippen LogP contribution in [0.2, 0.25) is 0 Å². The SMILES string of the molecule is CCOC(=O)CC(O)C(O)c1ccc2[nH]ncc2c1. The van der Waals surface area contributed by atoms with Gasteiger partial charge in [0, 0.05) is 5.39 Å². The van der Waals surface area contributed by atoms with Gasteiger partial charge in [0.05, 0.1) is 30.8 Å². The second-order valence-corrected chi connectivity index (χ2v) is 4.24. The van der Waals surface area contributed by atoms with E-state index in [2.05, 4.69) is 10.2 Å². The molecule has 0 radical (unpaired) electrons. The minimum atomic E-state index is -1.19. The van der Waals surface area contributed by atoms with Crippen LogP contribution in [0.3, 0.4) is 0 Å². The highest BCUT2D eigenvalue weighted by Gasteiger charge is 2.22. The van der Waals surface area contributed by atoms with Crippen molar-refractivity contribution in [3.8, 4) is 0 Å². The molecule has 2 aromatic rings. The van der Waals surface area contributed by atoms with Gasteiger partial charge in [-0.2, -0.15) is 5.10 Å². The van der Waals surface area contributed by atoms with Gasteiger partial charge in [0.15, 0.2) is 0 Å². The molecule has 2 rings (SSSR count). The molecule has 1 heterocycles. The topological polar surface area (TPSA) is 95.4 Å². The molecular formula is C13H16N2O4. The Hall–Kier alpha value is -1.92. The van der Waals surface area contributed by atoms with E-state index in [0.29, 0.717) is 5.56 Å². The first-order valence-electron chi connectivity index (χ1n) is 6.06. The molecule has 0 aliphatic heterocycles. The van der Waals surface area contributed by atoms with Crippen LogP contribution in [0.15, 0.2) is 24.4 Å². The van der Waals surface area contributed by atoms with Crippen molar-refractivity contribution < 1.29 is 19.7 Å². The van der Waals surface area contributed by atoms with E-state index in [0.717, 1.165) is 10.9 Å². The highest BCUT2D eigenvalue weighted by molar-refractivity contribution is 5.78. The number of carbonyl (C=O) groups is 1. The molecule has 1 aromatic heterocycles. The molecule has 0 saturated heterocycles. The monoisotopic (exact) mass is 264 g/mol. The highest BCUT2D eigenvalue weighted by atomic mass is 16.5. The normalized spacial score (nSPS) is 14.3. The molecule has 6 heteroatoms. The highest BCUT2D eigenvalue weighted by Crippen LogP contribution is 2.22. The summed E-state index contributed by atoms with van der Waals surface area (Å²) in [5, 5.41) is 27.3. The molecule has 2 atom stereocenters. The summed E-state index contributed by atoms with van der Waals surface area (Å²) in [5.74, 6) is -0.529. The number of carbonyl (C=O) groups excluding carboxylic acids is 1. The number of rotatable bonds is 5. The average Bonchev–Trinajstić information content (AvgIpc) is 2.85. The fourth-order valence-corrected chi connectivity index (χ4v) is 1.87. The number of ether oxygens (including phenoxy) is 1. The van der Waals surface area contributed by atoms with E-state index in [4.69, 9.17) is 4.74 Å². The third kappa shape index (κ3) is 3.10. The lowest BCUT2D eigenvalue weighted by molar-refractivity contribution is -0.147. The van der Waals surface area contributed by atoms with Crippen LogP contribution in [-0.4, -0.2) is 39.1 Å². The lowest BCUT2D eigenvalue weighted by Gasteiger charge is -2.17. The first kappa shape index (κ1) is 13.5. The molecule has 0 aliphatic rings. The molecule has 6 nitrogen and oxygen atoms in total. The van der Waals surface area contributed by atoms with E-state index in [-0.39, 0.29) is 13.0 Å². The minimum absolute atomic E-state index is 0.238. The number of esters is 1. The zero-order valence-corrected chi connectivity index (χ0v) is 10.5. The Labute approximate surface area is 110 Å². The van der Waals surface area contributed by atoms with Crippen LogP contribution in [0.4, 0.5) is 0 Å². The lowest BCUT2D eigenvalue weighted by atomic mass is 10.0. The number of aromatic amines is 1. The molecule has 0 aliphatic carbocycles. The number of aromatic nitrogens is 2. The van der Waals surface area contributed by atoms with Gasteiger partial charge in [0.25, 0.3) is 0 Å². The number of nitrogens with zero attached hydrogens (tertiary/aromatic N) is 1. The van der Waals surface area contributed by atoms with Gasteiger partial charge in [0.1, 0.15) is 6.10 Å². The van der Waals surface area contributed by atoms with Gasteiger partial charge in [-0.3, -0.25) is 9.89 Å². The smallest absolute Gasteiger partial charge is 0.308 e. The van der Waals surface area contributed by atoms with Gasteiger partial charge in [-0.05, 0) is 24.6 Å². The van der Waals surface area contributed by atoms with Crippen molar-refractivity contribution >= 4 is 16.9 Å². The third-order valence-corrected chi connectivity index (χ3v) is 2.85. The van der Waals surface area contributed by atoms with E-state index in [1.165, 1.54) is 0 Å². The molecular weight excluding hydrogens is 248 g/mol. The predicted molar refractivity (Wildman–Crippen MR) is 68.3 cm³/mol. The van der Waals surface area contributed by atoms with E-state index < -0.39 is 18.2 Å². The van der Waals surface area contributed by atoms with E-state index in [1.54, 1.807) is 31.3 Å². The van der Waals surface area contributed by atoms with Crippen LogP contribution in [0, 0.1) is 0 Å². The molecule has 19 heavy (non-hydrogen) atoms. The van der Waals surface area contributed by atoms with Gasteiger partial charge in [-0.15, -0.1) is 0 Å². The molecule has 3 N–H and O–H groups in total. The summed E-state index contributed by atoms with van der Waals surface area (Å²) in [5.41, 5.74) is 1.38. The lowest BCUT2D eigenvalue weighted by Crippen LogP contribution is -2.23. The Morgan fingerprint density at radius 3 is 3.00 bits per heavy atom. The number of benzene rings is 1. The predicted octanol–water partition coefficient (Wildman–Crippen LogP) is 0.910. The standard InChI is InChI=1S/C13H16N2O4/c1-2-19-12(17)6-11(16)13(18)8-3-4-10-9(5-8)7-14-15-10/h3-5,7,11,13,16,18H,2,6H2,1H3,(H,14,15). The molecule has 102 valence electrons. The van der Waals surface area contributed by atoms with Crippen molar-refractivity contribution in [3.05, 3.63) is 30.0 Å². The Balaban J connectivity index is 2.09. The van der Waals surface area contributed by atoms with Gasteiger partial charge < -0.3 is 14.9 Å². The maximum Gasteiger partial charge on any atom is 0.308 e. The van der Waals surface area contributed by atoms with Crippen LogP contribution in [0.5, 0.6) is 0 Å². The molecule has 2 unspecified atom stereocenters. The molecule has 0 spiro atoms. The Kier molecular flexibility index (Phi) is 4.13. The fraction of sp³-hybridized carbons (Fsp3) is 0.385. The molecule has 0 bridgehead atoms. The Morgan fingerprint density at radius 2 is 2.26 bits per heavy atom. The number of H-pyrrole nitrogens is 1. The largest absolute Gasteiger partial charge is 0.466 e. The van der Waals surface area contributed by atoms with Gasteiger partial charge in [0.2, 0.25) is 0 Å². The Morgan fingerprint density at radius 1 is 1.47 bits per heavy atom. The number of hydrogen-bond acceptors (Lipinski definition) is 5. The quantitative estimate of drug-likeness (QED) is 0.698. The second kappa shape index (κ2) is 5.81. The van der Waals surface area contributed by atoms with Crippen LogP contribution in [0.25, 0.3) is 10.9 Å². The van der Waals surface area contributed by atoms with E-state index >= 15 is 0 Å². The van der Waals surface area contributed by atoms with Gasteiger partial charge in [-0.1, -0.05) is 6.07 Å². The first-order valence-corrected chi connectivity index (χ1v) is 6.06. The van der Waals surface area contributed by atoms with Crippen molar-refractivity contribution in [2.24, 2.45) is 0 Å². The van der Waals surface area contributed by atoms with Crippen molar-refractivity contribution in [2.75, 3.05) is 6.61 Å². The van der Waals surface area contributed by atoms with Crippen LogP contribution < -0.4 is 0 Å². The summed E-state index contributed by atoms with van der Waals surface area (Å²) in [6.07, 6.45) is -0.936. The maximum atomic E-state index is 11.3. The van der Waals surface area contributed by atoms with E-state index in [1.807, 2.05) is 0 Å². The van der Waals surface area contributed by atoms with Gasteiger partial charge in [-0.25, -0.2) is 0 Å². The number of nitrogens with one attached hydrogen (secondary N) is 1. The number of fused-ring (bicyclic) bond motifs is 1. The third-order valence-electron chi connectivity index (χ3n) is 2.85. The molecule has 0 saturated carbocycles. The zero-order valence-electron chi connectivity index (χ0n) is 10.5. The molecule has 0 fully saturated rings. The summed E-state index contributed by atoms with van der Waals surface area (Å²) in [6.45, 7) is 1.94. The second-order valence-electron chi connectivity index (χ2n) is 4.24. The molecule has 1 aromatic carbocycles. The summed E-state index contributed by atoms with van der Waals surface area (Å²) >= 11 is 0. The first-order chi connectivity index (χ1) is 9.11. The Bertz CT molecular complexity index is 567. The average molecular weight is 264 g/mol. The fourth-order valence-electron chi connectivity index (χ4n) is 1.87.